The van der Waals surface area contributed by atoms with Gasteiger partial charge >= 0.3 is 18.6 Å². The van der Waals surface area contributed by atoms with Crippen molar-refractivity contribution in [2.45, 2.75) is 0 Å². The van der Waals surface area contributed by atoms with E-state index in [1.165, 1.54) is 20.7 Å². The highest BCUT2D eigenvalue weighted by Gasteiger charge is 2.33. The standard InChI is InChI=1S/C36H34O3Si4/c1-7-19-31(20-8-1)40(32-21-9-2-10-22-32)37-42(35-27-15-5-16-28-35)39-43(36-29-17-6-18-30-36)38-41(33-23-11-3-12-24-33)34-25-13-4-14-26-34/h1-30,40-43H. The van der Waals surface area contributed by atoms with E-state index in [0.717, 1.165) is 10.4 Å². The van der Waals surface area contributed by atoms with Crippen LogP contribution in [-0.4, -0.2) is 36.6 Å². The highest BCUT2D eigenvalue weighted by molar-refractivity contribution is 6.90. The summed E-state index contributed by atoms with van der Waals surface area (Å²) in [6.07, 6.45) is 0. The van der Waals surface area contributed by atoms with Gasteiger partial charge in [-0.05, 0) is 31.1 Å². The van der Waals surface area contributed by atoms with E-state index >= 15 is 0 Å². The average Bonchev–Trinajstić information content (AvgIpc) is 3.10. The molecule has 3 nitrogen and oxygen atoms in total. The minimum absolute atomic E-state index is 1.13. The molecule has 2 unspecified atom stereocenters. The van der Waals surface area contributed by atoms with Crippen molar-refractivity contribution in [1.82, 2.24) is 0 Å². The average molecular weight is 627 g/mol. The molecule has 0 aliphatic heterocycles. The van der Waals surface area contributed by atoms with E-state index in [9.17, 15) is 0 Å². The van der Waals surface area contributed by atoms with Gasteiger partial charge in [0.2, 0.25) is 18.1 Å². The first-order chi connectivity index (χ1) is 21.3. The van der Waals surface area contributed by atoms with E-state index in [1.807, 2.05) is 0 Å². The molecule has 6 aromatic rings. The largest absolute Gasteiger partial charge is 0.430 e. The van der Waals surface area contributed by atoms with Gasteiger partial charge in [-0.25, -0.2) is 0 Å². The fraction of sp³-hybridized carbons (Fsp3) is 0. The third kappa shape index (κ3) is 7.72. The normalized spacial score (nSPS) is 12.7. The van der Waals surface area contributed by atoms with Crippen molar-refractivity contribution in [2.75, 3.05) is 0 Å². The summed E-state index contributed by atoms with van der Waals surface area (Å²) in [5.41, 5.74) is 0. The second-order valence-corrected chi connectivity index (χ2v) is 20.4. The lowest BCUT2D eigenvalue weighted by Gasteiger charge is -2.30. The molecule has 0 bridgehead atoms. The maximum atomic E-state index is 7.28. The minimum atomic E-state index is -2.44. The van der Waals surface area contributed by atoms with Crippen molar-refractivity contribution in [2.24, 2.45) is 0 Å². The number of hydrogen-bond donors (Lipinski definition) is 0. The van der Waals surface area contributed by atoms with Gasteiger partial charge in [-0.3, -0.25) is 0 Å². The monoisotopic (exact) mass is 626 g/mol. The molecule has 6 aromatic carbocycles. The first kappa shape index (κ1) is 29.2. The van der Waals surface area contributed by atoms with Crippen molar-refractivity contribution in [1.29, 1.82) is 0 Å². The molecule has 0 saturated carbocycles. The van der Waals surface area contributed by atoms with Gasteiger partial charge in [-0.1, -0.05) is 182 Å². The van der Waals surface area contributed by atoms with Crippen LogP contribution in [0.5, 0.6) is 0 Å². The van der Waals surface area contributed by atoms with Crippen molar-refractivity contribution in [3.63, 3.8) is 0 Å². The molecular weight excluding hydrogens is 593 g/mol. The molecule has 0 spiro atoms. The molecule has 0 heterocycles. The van der Waals surface area contributed by atoms with E-state index in [2.05, 4.69) is 182 Å². The molecule has 0 aliphatic rings. The van der Waals surface area contributed by atoms with Gasteiger partial charge in [0.15, 0.2) is 0 Å². The third-order valence-corrected chi connectivity index (χ3v) is 19.3. The van der Waals surface area contributed by atoms with Crippen LogP contribution in [0, 0.1) is 0 Å². The summed E-state index contributed by atoms with van der Waals surface area (Å²) in [4.78, 5) is 0. The zero-order valence-electron chi connectivity index (χ0n) is 23.9. The van der Waals surface area contributed by atoms with Crippen LogP contribution >= 0.6 is 0 Å². The molecule has 7 heteroatoms. The molecule has 0 radical (unpaired) electrons. The molecule has 2 atom stereocenters. The summed E-state index contributed by atoms with van der Waals surface area (Å²) in [7, 11) is -9.03. The fourth-order valence-electron chi connectivity index (χ4n) is 5.17. The van der Waals surface area contributed by atoms with Gasteiger partial charge in [0.25, 0.3) is 0 Å². The molecule has 0 saturated heterocycles. The lowest BCUT2D eigenvalue weighted by molar-refractivity contribution is 0.402. The van der Waals surface area contributed by atoms with Crippen LogP contribution in [0.1, 0.15) is 0 Å². The highest BCUT2D eigenvalue weighted by atomic mass is 28.4. The molecule has 0 N–H and O–H groups in total. The van der Waals surface area contributed by atoms with Crippen molar-refractivity contribution in [3.8, 4) is 0 Å². The Bertz CT molecular complexity index is 1440. The fourth-order valence-corrected chi connectivity index (χ4v) is 18.9. The molecule has 212 valence electrons. The maximum Gasteiger partial charge on any atom is 0.337 e. The van der Waals surface area contributed by atoms with E-state index in [-0.39, 0.29) is 0 Å². The maximum absolute atomic E-state index is 7.28. The van der Waals surface area contributed by atoms with E-state index in [4.69, 9.17) is 12.3 Å². The number of benzene rings is 6. The van der Waals surface area contributed by atoms with E-state index in [0.29, 0.717) is 0 Å². The Balaban J connectivity index is 1.40. The minimum Gasteiger partial charge on any atom is -0.430 e. The van der Waals surface area contributed by atoms with Gasteiger partial charge in [0.05, 0.1) is 0 Å². The molecular formula is C36H34O3Si4. The van der Waals surface area contributed by atoms with Crippen molar-refractivity contribution < 1.29 is 12.3 Å². The quantitative estimate of drug-likeness (QED) is 0.195. The first-order valence-electron chi connectivity index (χ1n) is 14.6. The Morgan fingerprint density at radius 3 is 0.674 bits per heavy atom. The van der Waals surface area contributed by atoms with Gasteiger partial charge in [-0.15, -0.1) is 0 Å². The molecule has 0 aliphatic carbocycles. The summed E-state index contributed by atoms with van der Waals surface area (Å²) < 4.78 is 21.8. The third-order valence-electron chi connectivity index (χ3n) is 7.32. The zero-order chi connectivity index (χ0) is 29.1. The zero-order valence-corrected chi connectivity index (χ0v) is 28.5. The Labute approximate surface area is 261 Å². The van der Waals surface area contributed by atoms with Crippen LogP contribution in [0.15, 0.2) is 182 Å². The van der Waals surface area contributed by atoms with Crippen molar-refractivity contribution >= 4 is 67.8 Å². The van der Waals surface area contributed by atoms with Crippen molar-refractivity contribution in [3.05, 3.63) is 182 Å². The molecule has 0 amide bonds. The Hall–Kier alpha value is -3.93. The van der Waals surface area contributed by atoms with Crippen LogP contribution in [0.25, 0.3) is 0 Å². The molecule has 43 heavy (non-hydrogen) atoms. The van der Waals surface area contributed by atoms with Gasteiger partial charge in [-0.2, -0.15) is 0 Å². The molecule has 6 rings (SSSR count). The smallest absolute Gasteiger partial charge is 0.337 e. The number of hydrogen-bond acceptors (Lipinski definition) is 3. The lowest BCUT2D eigenvalue weighted by Crippen LogP contribution is -2.58. The van der Waals surface area contributed by atoms with Crippen LogP contribution in [0.3, 0.4) is 0 Å². The van der Waals surface area contributed by atoms with E-state index < -0.39 is 36.6 Å². The second kappa shape index (κ2) is 15.0. The SMILES string of the molecule is c1ccc([SiH](O[SiH](O[SiH](c2ccccc2)c2ccccc2)c2ccccc2)O[SiH](c2ccccc2)c2ccccc2)cc1. The molecule has 0 aromatic heterocycles. The van der Waals surface area contributed by atoms with Crippen LogP contribution in [-0.2, 0) is 12.3 Å². The van der Waals surface area contributed by atoms with Crippen LogP contribution in [0.2, 0.25) is 0 Å². The Morgan fingerprint density at radius 2 is 0.442 bits per heavy atom. The summed E-state index contributed by atoms with van der Waals surface area (Å²) >= 11 is 0. The highest BCUT2D eigenvalue weighted by Crippen LogP contribution is 2.06. The second-order valence-electron chi connectivity index (χ2n) is 10.3. The predicted octanol–water partition coefficient (Wildman–Crippen LogP) is 2.37. The Kier molecular flexibility index (Phi) is 10.2. The summed E-state index contributed by atoms with van der Waals surface area (Å²) in [6.45, 7) is 0. The summed E-state index contributed by atoms with van der Waals surface area (Å²) in [5, 5.41) is 7.22. The first-order valence-corrected chi connectivity index (χ1v) is 20.9. The van der Waals surface area contributed by atoms with Gasteiger partial charge < -0.3 is 12.3 Å². The van der Waals surface area contributed by atoms with Crippen LogP contribution < -0.4 is 31.1 Å². The summed E-state index contributed by atoms with van der Waals surface area (Å²) in [6, 6.07) is 63.6. The lowest BCUT2D eigenvalue weighted by atomic mass is 10.4. The Morgan fingerprint density at radius 1 is 0.233 bits per heavy atom. The summed E-state index contributed by atoms with van der Waals surface area (Å²) in [5.74, 6) is 0. The predicted molar refractivity (Wildman–Crippen MR) is 188 cm³/mol. The number of rotatable bonds is 12. The molecule has 0 fully saturated rings. The van der Waals surface area contributed by atoms with Crippen LogP contribution in [0.4, 0.5) is 0 Å². The van der Waals surface area contributed by atoms with Gasteiger partial charge in [0, 0.05) is 0 Å². The topological polar surface area (TPSA) is 27.7 Å². The van der Waals surface area contributed by atoms with E-state index in [1.54, 1.807) is 0 Å². The van der Waals surface area contributed by atoms with Gasteiger partial charge in [0.1, 0.15) is 0 Å².